The predicted octanol–water partition coefficient (Wildman–Crippen LogP) is -0.649. The van der Waals surface area contributed by atoms with Gasteiger partial charge in [-0.15, -0.1) is 0 Å². The van der Waals surface area contributed by atoms with Crippen LogP contribution < -0.4 is 15.9 Å². The number of ether oxygens (including phenoxy) is 1. The smallest absolute Gasteiger partial charge is 0.322 e. The molecule has 0 aromatic carbocycles. The number of methoxy groups -OCH3 is 1. The highest BCUT2D eigenvalue weighted by molar-refractivity contribution is 5.31. The van der Waals surface area contributed by atoms with Gasteiger partial charge in [-0.05, 0) is 0 Å². The maximum atomic E-state index is 5.41. The second-order valence-corrected chi connectivity index (χ2v) is 2.51. The zero-order chi connectivity index (χ0) is 9.84. The van der Waals surface area contributed by atoms with Gasteiger partial charge in [-0.2, -0.15) is 15.0 Å². The van der Waals surface area contributed by atoms with E-state index in [1.165, 1.54) is 7.11 Å². The minimum atomic E-state index is 0.121. The summed E-state index contributed by atoms with van der Waals surface area (Å²) in [4.78, 5) is 11.5. The molecule has 0 bridgehead atoms. The van der Waals surface area contributed by atoms with Crippen LogP contribution in [0.4, 0.5) is 11.9 Å². The Balaban J connectivity index is 2.88. The van der Waals surface area contributed by atoms with Crippen molar-refractivity contribution in [2.24, 2.45) is 0 Å². The van der Waals surface area contributed by atoms with Crippen molar-refractivity contribution in [1.29, 1.82) is 0 Å². The van der Waals surface area contributed by atoms with Gasteiger partial charge in [0.25, 0.3) is 0 Å². The summed E-state index contributed by atoms with van der Waals surface area (Å²) in [7, 11) is 5.09. The number of nitrogens with two attached hydrogens (primary N) is 1. The molecule has 0 saturated heterocycles. The summed E-state index contributed by atoms with van der Waals surface area (Å²) in [6.07, 6.45) is 0. The molecule has 7 heteroatoms. The molecule has 0 aliphatic carbocycles. The first-order valence-electron chi connectivity index (χ1n) is 3.61. The Labute approximate surface area is 75.9 Å². The normalized spacial score (nSPS) is 10.2. The van der Waals surface area contributed by atoms with Gasteiger partial charge in [0.1, 0.15) is 0 Å². The zero-order valence-electron chi connectivity index (χ0n) is 7.77. The Bertz CT molecular complexity index is 288. The van der Waals surface area contributed by atoms with Crippen molar-refractivity contribution >= 4 is 11.9 Å². The van der Waals surface area contributed by atoms with Crippen LogP contribution in [0.1, 0.15) is 0 Å². The maximum Gasteiger partial charge on any atom is 0.322 e. The van der Waals surface area contributed by atoms with Crippen molar-refractivity contribution in [2.75, 3.05) is 32.4 Å². The van der Waals surface area contributed by atoms with E-state index < -0.39 is 0 Å². The van der Waals surface area contributed by atoms with Crippen LogP contribution in [0.25, 0.3) is 0 Å². The average molecular weight is 184 g/mol. The second-order valence-electron chi connectivity index (χ2n) is 2.51. The van der Waals surface area contributed by atoms with Crippen LogP contribution in [0.5, 0.6) is 6.01 Å². The summed E-state index contributed by atoms with van der Waals surface area (Å²) in [5.41, 5.74) is 8.24. The third-order valence-corrected chi connectivity index (χ3v) is 1.14. The van der Waals surface area contributed by atoms with E-state index in [2.05, 4.69) is 20.4 Å². The summed E-state index contributed by atoms with van der Waals surface area (Å²) in [6, 6.07) is 0.192. The molecule has 7 nitrogen and oxygen atoms in total. The third-order valence-electron chi connectivity index (χ3n) is 1.14. The molecule has 0 fully saturated rings. The van der Waals surface area contributed by atoms with Crippen molar-refractivity contribution in [3.8, 4) is 6.01 Å². The molecule has 0 saturated carbocycles. The van der Waals surface area contributed by atoms with Crippen LogP contribution in [-0.2, 0) is 0 Å². The van der Waals surface area contributed by atoms with Gasteiger partial charge in [0.2, 0.25) is 11.9 Å². The predicted molar refractivity (Wildman–Crippen MR) is 48.1 cm³/mol. The van der Waals surface area contributed by atoms with E-state index in [0.717, 1.165) is 0 Å². The van der Waals surface area contributed by atoms with Crippen molar-refractivity contribution in [1.82, 2.24) is 20.0 Å². The van der Waals surface area contributed by atoms with Gasteiger partial charge in [0.05, 0.1) is 7.11 Å². The third kappa shape index (κ3) is 2.71. The Morgan fingerprint density at radius 1 is 1.31 bits per heavy atom. The van der Waals surface area contributed by atoms with Crippen LogP contribution in [0, 0.1) is 0 Å². The highest BCUT2D eigenvalue weighted by atomic mass is 16.5. The number of nitrogens with zero attached hydrogens (tertiary/aromatic N) is 4. The molecule has 1 aromatic rings. The van der Waals surface area contributed by atoms with E-state index in [4.69, 9.17) is 10.5 Å². The van der Waals surface area contributed by atoms with E-state index in [1.807, 2.05) is 14.1 Å². The van der Waals surface area contributed by atoms with E-state index in [9.17, 15) is 0 Å². The number of nitrogens with one attached hydrogen (secondary N) is 1. The van der Waals surface area contributed by atoms with Crippen LogP contribution >= 0.6 is 0 Å². The molecule has 0 unspecified atom stereocenters. The summed E-state index contributed by atoms with van der Waals surface area (Å²) < 4.78 is 4.82. The van der Waals surface area contributed by atoms with Gasteiger partial charge >= 0.3 is 6.01 Å². The molecule has 1 aromatic heterocycles. The molecule has 3 N–H and O–H groups in total. The fourth-order valence-electron chi connectivity index (χ4n) is 0.713. The monoisotopic (exact) mass is 184 g/mol. The molecule has 0 spiro atoms. The van der Waals surface area contributed by atoms with Gasteiger partial charge in [-0.1, -0.05) is 0 Å². The van der Waals surface area contributed by atoms with Crippen LogP contribution in [0.15, 0.2) is 0 Å². The number of aromatic nitrogens is 3. The van der Waals surface area contributed by atoms with E-state index in [0.29, 0.717) is 5.95 Å². The Kier molecular flexibility index (Phi) is 2.80. The van der Waals surface area contributed by atoms with Crippen molar-refractivity contribution in [3.63, 3.8) is 0 Å². The molecule has 0 aliphatic heterocycles. The topological polar surface area (TPSA) is 89.2 Å². The minimum Gasteiger partial charge on any atom is -0.467 e. The standard InChI is InChI=1S/C6H12N6O/c1-12(2)11-5-8-4(7)9-6(10-5)13-3/h1-3H3,(H3,7,8,9,10,11). The van der Waals surface area contributed by atoms with Gasteiger partial charge in [-0.25, -0.2) is 5.01 Å². The number of hydrogen-bond donors (Lipinski definition) is 2. The fraction of sp³-hybridized carbons (Fsp3) is 0.500. The van der Waals surface area contributed by atoms with Crippen molar-refractivity contribution in [3.05, 3.63) is 0 Å². The number of anilines is 2. The Morgan fingerprint density at radius 2 is 2.00 bits per heavy atom. The molecule has 1 rings (SSSR count). The Morgan fingerprint density at radius 3 is 2.54 bits per heavy atom. The van der Waals surface area contributed by atoms with Crippen molar-refractivity contribution < 1.29 is 4.74 Å². The SMILES string of the molecule is COc1nc(N)nc(NN(C)C)n1. The number of nitrogen functional groups attached to an aromatic ring is 1. The van der Waals surface area contributed by atoms with E-state index in [1.54, 1.807) is 5.01 Å². The van der Waals surface area contributed by atoms with Gasteiger partial charge in [-0.3, -0.25) is 5.43 Å². The molecule has 1 heterocycles. The quantitative estimate of drug-likeness (QED) is 0.603. The molecule has 0 radical (unpaired) electrons. The molecule has 0 aliphatic rings. The molecule has 0 atom stereocenters. The lowest BCUT2D eigenvalue weighted by molar-refractivity contribution is 0.378. The van der Waals surface area contributed by atoms with E-state index in [-0.39, 0.29) is 12.0 Å². The fourth-order valence-corrected chi connectivity index (χ4v) is 0.713. The number of hydrazine groups is 1. The van der Waals surface area contributed by atoms with Gasteiger partial charge < -0.3 is 10.5 Å². The van der Waals surface area contributed by atoms with Crippen LogP contribution in [-0.4, -0.2) is 41.2 Å². The highest BCUT2D eigenvalue weighted by Crippen LogP contribution is 2.07. The zero-order valence-corrected chi connectivity index (χ0v) is 7.77. The van der Waals surface area contributed by atoms with Gasteiger partial charge in [0.15, 0.2) is 0 Å². The number of rotatable bonds is 3. The summed E-state index contributed by atoms with van der Waals surface area (Å²) in [5, 5.41) is 1.69. The first-order chi connectivity index (χ1) is 6.11. The summed E-state index contributed by atoms with van der Waals surface area (Å²) in [5.74, 6) is 0.477. The lowest BCUT2D eigenvalue weighted by Gasteiger charge is -2.11. The minimum absolute atomic E-state index is 0.121. The molecule has 0 amide bonds. The number of hydrogen-bond acceptors (Lipinski definition) is 7. The van der Waals surface area contributed by atoms with E-state index >= 15 is 0 Å². The summed E-state index contributed by atoms with van der Waals surface area (Å²) >= 11 is 0. The van der Waals surface area contributed by atoms with Crippen LogP contribution in [0.2, 0.25) is 0 Å². The van der Waals surface area contributed by atoms with Crippen LogP contribution in [0.3, 0.4) is 0 Å². The first kappa shape index (κ1) is 9.46. The molecular formula is C6H12N6O. The van der Waals surface area contributed by atoms with Gasteiger partial charge in [0, 0.05) is 14.1 Å². The second kappa shape index (κ2) is 3.85. The lowest BCUT2D eigenvalue weighted by Crippen LogP contribution is -2.22. The summed E-state index contributed by atoms with van der Waals surface area (Å²) in [6.45, 7) is 0. The Hall–Kier alpha value is -1.63. The largest absolute Gasteiger partial charge is 0.467 e. The average Bonchev–Trinajstić information content (AvgIpc) is 2.01. The highest BCUT2D eigenvalue weighted by Gasteiger charge is 2.03. The molecule has 13 heavy (non-hydrogen) atoms. The molecular weight excluding hydrogens is 172 g/mol. The maximum absolute atomic E-state index is 5.41. The van der Waals surface area contributed by atoms with Crippen molar-refractivity contribution in [2.45, 2.75) is 0 Å². The lowest BCUT2D eigenvalue weighted by atomic mass is 10.8. The molecule has 72 valence electrons. The first-order valence-corrected chi connectivity index (χ1v) is 3.61.